The lowest BCUT2D eigenvalue weighted by atomic mass is 10.1. The number of likely N-dealkylation sites (N-methyl/N-ethyl adjacent to an activating group) is 1. The number of aliphatic hydroxyl groups is 1. The van der Waals surface area contributed by atoms with Gasteiger partial charge in [0.2, 0.25) is 5.91 Å². The van der Waals surface area contributed by atoms with Crippen LogP contribution in [0.1, 0.15) is 181 Å². The molecule has 0 saturated heterocycles. The number of amides is 1. The quantitative estimate of drug-likeness (QED) is 0.0275. The van der Waals surface area contributed by atoms with Gasteiger partial charge in [0.15, 0.2) is 0 Å². The van der Waals surface area contributed by atoms with Crippen molar-refractivity contribution in [1.29, 1.82) is 0 Å². The second-order valence-corrected chi connectivity index (χ2v) is 18.1. The third-order valence-electron chi connectivity index (χ3n) is 9.90. The molecule has 336 valence electrons. The number of rotatable bonds is 41. The zero-order valence-corrected chi connectivity index (χ0v) is 38.9. The van der Waals surface area contributed by atoms with Gasteiger partial charge in [-0.3, -0.25) is 9.36 Å². The first-order valence-corrected chi connectivity index (χ1v) is 24.8. The van der Waals surface area contributed by atoms with Gasteiger partial charge in [0.05, 0.1) is 39.9 Å². The predicted molar refractivity (Wildman–Crippen MR) is 247 cm³/mol. The van der Waals surface area contributed by atoms with Gasteiger partial charge in [-0.2, -0.15) is 0 Å². The molecule has 0 fully saturated rings. The number of quaternary nitrogens is 1. The van der Waals surface area contributed by atoms with Crippen molar-refractivity contribution in [2.24, 2.45) is 0 Å². The normalized spacial score (nSPS) is 14.9. The monoisotopic (exact) mass is 833 g/mol. The summed E-state index contributed by atoms with van der Waals surface area (Å²) in [5, 5.41) is 13.8. The summed E-state index contributed by atoms with van der Waals surface area (Å²) in [6.45, 7) is 4.49. The number of unbranched alkanes of at least 4 members (excludes halogenated alkanes) is 18. The van der Waals surface area contributed by atoms with E-state index in [1.54, 1.807) is 6.08 Å². The Hall–Kier alpha value is -2.06. The number of aliphatic hydroxyl groups excluding tert-OH is 1. The van der Waals surface area contributed by atoms with Crippen LogP contribution in [-0.2, 0) is 18.4 Å². The van der Waals surface area contributed by atoms with Gasteiger partial charge in [0.25, 0.3) is 7.82 Å². The molecular formula is C49H89N2O6P. The number of hydrogen-bond donors (Lipinski definition) is 2. The molecule has 1 amide bonds. The van der Waals surface area contributed by atoms with E-state index >= 15 is 0 Å². The molecule has 0 rings (SSSR count). The fourth-order valence-corrected chi connectivity index (χ4v) is 6.94. The first kappa shape index (κ1) is 55.9. The van der Waals surface area contributed by atoms with Crippen LogP contribution < -0.4 is 10.2 Å². The average molecular weight is 833 g/mol. The molecule has 0 bridgehead atoms. The van der Waals surface area contributed by atoms with E-state index in [9.17, 15) is 19.4 Å². The van der Waals surface area contributed by atoms with Crippen molar-refractivity contribution in [2.75, 3.05) is 40.9 Å². The molecule has 58 heavy (non-hydrogen) atoms. The standard InChI is InChI=1S/C49H89N2O6P/c1-6-8-10-12-14-16-18-20-22-23-24-25-26-27-29-31-33-35-37-39-41-43-49(53)50-47(46-57-58(54,55)56-45-44-51(3,4)5)48(52)42-40-38-36-34-32-30-28-21-19-17-15-13-11-9-7-2/h8,10,14,16,20,22,24-25,32,34,40,42,47-48,52H,6-7,9,11-13,15,17-19,21,23,26-31,33,35-39,41,43-46H2,1-5H3,(H-,50,53,54,55)/b10-8-,16-14-,22-20-,25-24-,34-32+,42-40+. The molecule has 0 aromatic rings. The van der Waals surface area contributed by atoms with E-state index in [4.69, 9.17) is 9.05 Å². The predicted octanol–water partition coefficient (Wildman–Crippen LogP) is 12.6. The SMILES string of the molecule is CC/C=C\C/C=C\C/C=C\C/C=C\CCCCCCCCCCC(=O)NC(COP(=O)([O-])OCC[N+](C)(C)C)C(O)/C=C/CC/C=C/CCCCCCCCCCC. The topological polar surface area (TPSA) is 108 Å². The molecule has 0 aromatic carbocycles. The fourth-order valence-electron chi connectivity index (χ4n) is 6.22. The number of carbonyl (C=O) groups excluding carboxylic acids is 1. The summed E-state index contributed by atoms with van der Waals surface area (Å²) >= 11 is 0. The zero-order valence-electron chi connectivity index (χ0n) is 38.0. The molecule has 8 nitrogen and oxygen atoms in total. The third kappa shape index (κ3) is 42.1. The summed E-state index contributed by atoms with van der Waals surface area (Å²) in [7, 11) is 1.23. The number of hydrogen-bond acceptors (Lipinski definition) is 6. The number of phosphoric acid groups is 1. The van der Waals surface area contributed by atoms with Crippen molar-refractivity contribution in [2.45, 2.75) is 193 Å². The number of nitrogens with zero attached hydrogens (tertiary/aromatic N) is 1. The maximum absolute atomic E-state index is 12.9. The molecule has 0 aliphatic heterocycles. The molecule has 9 heteroatoms. The fraction of sp³-hybridized carbons (Fsp3) is 0.735. The molecule has 3 unspecified atom stereocenters. The van der Waals surface area contributed by atoms with Gasteiger partial charge < -0.3 is 28.8 Å². The van der Waals surface area contributed by atoms with E-state index in [0.717, 1.165) is 77.0 Å². The molecule has 0 radical (unpaired) electrons. The molecule has 2 N–H and O–H groups in total. The Morgan fingerprint density at radius 3 is 1.60 bits per heavy atom. The van der Waals surface area contributed by atoms with Gasteiger partial charge in [-0.25, -0.2) is 0 Å². The molecule has 0 aliphatic rings. The van der Waals surface area contributed by atoms with Gasteiger partial charge in [0, 0.05) is 6.42 Å². The summed E-state index contributed by atoms with van der Waals surface area (Å²) in [5.74, 6) is -0.219. The Labute approximate surface area is 357 Å². The molecular weight excluding hydrogens is 744 g/mol. The van der Waals surface area contributed by atoms with Crippen LogP contribution in [0, 0.1) is 0 Å². The van der Waals surface area contributed by atoms with Crippen LogP contribution in [0.4, 0.5) is 0 Å². The van der Waals surface area contributed by atoms with Crippen LogP contribution in [0.2, 0.25) is 0 Å². The number of carbonyl (C=O) groups is 1. The van der Waals surface area contributed by atoms with E-state index in [1.165, 1.54) is 83.5 Å². The highest BCUT2D eigenvalue weighted by atomic mass is 31.2. The van der Waals surface area contributed by atoms with E-state index < -0.39 is 26.6 Å². The van der Waals surface area contributed by atoms with Crippen molar-refractivity contribution in [3.8, 4) is 0 Å². The Bertz CT molecular complexity index is 1170. The first-order chi connectivity index (χ1) is 28.0. The molecule has 3 atom stereocenters. The highest BCUT2D eigenvalue weighted by molar-refractivity contribution is 7.45. The van der Waals surface area contributed by atoms with E-state index in [0.29, 0.717) is 17.4 Å². The molecule has 0 aromatic heterocycles. The van der Waals surface area contributed by atoms with E-state index in [1.807, 2.05) is 27.2 Å². The minimum Gasteiger partial charge on any atom is -0.756 e. The van der Waals surface area contributed by atoms with E-state index in [2.05, 4.69) is 79.9 Å². The number of phosphoric ester groups is 1. The van der Waals surface area contributed by atoms with E-state index in [-0.39, 0.29) is 12.5 Å². The minimum atomic E-state index is -4.60. The lowest BCUT2D eigenvalue weighted by molar-refractivity contribution is -0.870. The Morgan fingerprint density at radius 2 is 1.07 bits per heavy atom. The summed E-state index contributed by atoms with van der Waals surface area (Å²) in [6.07, 6.45) is 53.8. The third-order valence-corrected chi connectivity index (χ3v) is 10.9. The summed E-state index contributed by atoms with van der Waals surface area (Å²) in [5.41, 5.74) is 0. The van der Waals surface area contributed by atoms with Crippen molar-refractivity contribution in [1.82, 2.24) is 5.32 Å². The minimum absolute atomic E-state index is 0.0115. The van der Waals surface area contributed by atoms with Gasteiger partial charge >= 0.3 is 0 Å². The Kier molecular flexibility index (Phi) is 38.9. The highest BCUT2D eigenvalue weighted by Gasteiger charge is 2.23. The largest absolute Gasteiger partial charge is 0.756 e. The summed E-state index contributed by atoms with van der Waals surface area (Å²) in [6, 6.07) is -0.910. The zero-order chi connectivity index (χ0) is 42.8. The van der Waals surface area contributed by atoms with Crippen LogP contribution >= 0.6 is 7.82 Å². The van der Waals surface area contributed by atoms with Crippen molar-refractivity contribution in [3.05, 3.63) is 72.9 Å². The van der Waals surface area contributed by atoms with Crippen molar-refractivity contribution < 1.29 is 32.9 Å². The van der Waals surface area contributed by atoms with Gasteiger partial charge in [0.1, 0.15) is 13.2 Å². The van der Waals surface area contributed by atoms with Gasteiger partial charge in [-0.05, 0) is 70.6 Å². The molecule has 0 spiro atoms. The van der Waals surface area contributed by atoms with Crippen molar-refractivity contribution in [3.63, 3.8) is 0 Å². The number of nitrogens with one attached hydrogen (secondary N) is 1. The van der Waals surface area contributed by atoms with Gasteiger partial charge in [-0.1, -0.05) is 177 Å². The van der Waals surface area contributed by atoms with Crippen LogP contribution in [0.5, 0.6) is 0 Å². The lowest BCUT2D eigenvalue weighted by Gasteiger charge is -2.29. The maximum atomic E-state index is 12.9. The van der Waals surface area contributed by atoms with Gasteiger partial charge in [-0.15, -0.1) is 0 Å². The Balaban J connectivity index is 4.43. The highest BCUT2D eigenvalue weighted by Crippen LogP contribution is 2.38. The van der Waals surface area contributed by atoms with Crippen LogP contribution in [-0.4, -0.2) is 68.5 Å². The average Bonchev–Trinajstić information content (AvgIpc) is 3.17. The lowest BCUT2D eigenvalue weighted by Crippen LogP contribution is -2.45. The number of allylic oxidation sites excluding steroid dienone is 11. The van der Waals surface area contributed by atoms with Crippen LogP contribution in [0.25, 0.3) is 0 Å². The van der Waals surface area contributed by atoms with Crippen LogP contribution in [0.15, 0.2) is 72.9 Å². The second-order valence-electron chi connectivity index (χ2n) is 16.7. The smallest absolute Gasteiger partial charge is 0.268 e. The maximum Gasteiger partial charge on any atom is 0.268 e. The molecule has 0 aliphatic carbocycles. The summed E-state index contributed by atoms with van der Waals surface area (Å²) in [4.78, 5) is 25.3. The molecule has 0 heterocycles. The summed E-state index contributed by atoms with van der Waals surface area (Å²) < 4.78 is 23.2. The second kappa shape index (κ2) is 40.4. The first-order valence-electron chi connectivity index (χ1n) is 23.3. The molecule has 0 saturated carbocycles. The van der Waals surface area contributed by atoms with Crippen molar-refractivity contribution >= 4 is 13.7 Å². The Morgan fingerprint density at radius 1 is 0.621 bits per heavy atom. The van der Waals surface area contributed by atoms with Crippen LogP contribution in [0.3, 0.4) is 0 Å².